The second kappa shape index (κ2) is 24.8. The fourth-order valence-corrected chi connectivity index (χ4v) is 8.64. The van der Waals surface area contributed by atoms with Gasteiger partial charge in [-0.3, -0.25) is 0 Å². The standard InChI is InChI=1S/C52H76N2/c1-5-7-9-11-13-15-21-25-51(49-37-35-47(53)39-41(49)3)45-31-27-43(28-32-45)23-19-17-18-20-24-44-29-33-46(34-30-44)52(26-22-16-14-12-10-8-6-2)50-38-36-48(54)40-42(50)4/h27-40,51-52H,5-26,53-54H2,1-4H3. The minimum Gasteiger partial charge on any atom is -0.399 e. The summed E-state index contributed by atoms with van der Waals surface area (Å²) in [4.78, 5) is 0. The van der Waals surface area contributed by atoms with Crippen LogP contribution in [0.2, 0.25) is 0 Å². The zero-order valence-electron chi connectivity index (χ0n) is 34.9. The average molecular weight is 729 g/mol. The van der Waals surface area contributed by atoms with E-state index >= 15 is 0 Å². The molecule has 0 aromatic heterocycles. The Morgan fingerprint density at radius 1 is 0.389 bits per heavy atom. The van der Waals surface area contributed by atoms with Gasteiger partial charge in [0, 0.05) is 23.2 Å². The van der Waals surface area contributed by atoms with Gasteiger partial charge in [-0.15, -0.1) is 0 Å². The molecule has 0 heterocycles. The lowest BCUT2D eigenvalue weighted by atomic mass is 9.84. The number of unbranched alkanes of at least 4 members (excludes halogenated alkanes) is 15. The van der Waals surface area contributed by atoms with Gasteiger partial charge in [-0.25, -0.2) is 0 Å². The molecule has 54 heavy (non-hydrogen) atoms. The average Bonchev–Trinajstić information content (AvgIpc) is 3.17. The van der Waals surface area contributed by atoms with Crippen LogP contribution in [0.3, 0.4) is 0 Å². The SMILES string of the molecule is CCCCCCCCCC(c1ccc(CCCCCCc2ccc(C(CCCCCCCCC)c3ccc(N)cc3C)cc2)cc1)c1ccc(N)cc1C. The fraction of sp³-hybridized carbons (Fsp3) is 0.538. The smallest absolute Gasteiger partial charge is 0.0316 e. The summed E-state index contributed by atoms with van der Waals surface area (Å²) >= 11 is 0. The van der Waals surface area contributed by atoms with Crippen molar-refractivity contribution in [2.24, 2.45) is 0 Å². The Morgan fingerprint density at radius 3 is 1.07 bits per heavy atom. The van der Waals surface area contributed by atoms with Gasteiger partial charge < -0.3 is 11.5 Å². The maximum Gasteiger partial charge on any atom is 0.0316 e. The van der Waals surface area contributed by atoms with E-state index in [-0.39, 0.29) is 0 Å². The van der Waals surface area contributed by atoms with Gasteiger partial charge in [0.25, 0.3) is 0 Å². The summed E-state index contributed by atoms with van der Waals surface area (Å²) in [6, 6.07) is 32.2. The maximum absolute atomic E-state index is 6.14. The Labute approximate surface area is 332 Å². The van der Waals surface area contributed by atoms with Crippen LogP contribution in [0.15, 0.2) is 84.9 Å². The molecule has 0 bridgehead atoms. The van der Waals surface area contributed by atoms with Gasteiger partial charge in [0.15, 0.2) is 0 Å². The maximum atomic E-state index is 6.14. The molecule has 2 nitrogen and oxygen atoms in total. The number of nitrogen functional groups attached to an aromatic ring is 2. The molecule has 0 saturated carbocycles. The summed E-state index contributed by atoms with van der Waals surface area (Å²) in [5.41, 5.74) is 25.4. The van der Waals surface area contributed by atoms with E-state index in [4.69, 9.17) is 11.5 Å². The van der Waals surface area contributed by atoms with Gasteiger partial charge in [0.2, 0.25) is 0 Å². The summed E-state index contributed by atoms with van der Waals surface area (Å²) in [7, 11) is 0. The first-order valence-corrected chi connectivity index (χ1v) is 22.3. The molecule has 0 fully saturated rings. The summed E-state index contributed by atoms with van der Waals surface area (Å²) in [5, 5.41) is 0. The summed E-state index contributed by atoms with van der Waals surface area (Å²) < 4.78 is 0. The minimum atomic E-state index is 0.446. The van der Waals surface area contributed by atoms with E-state index in [1.165, 1.54) is 186 Å². The molecule has 4 aromatic carbocycles. The van der Waals surface area contributed by atoms with Crippen molar-refractivity contribution < 1.29 is 0 Å². The number of nitrogens with two attached hydrogens (primary N) is 2. The number of benzene rings is 4. The Bertz CT molecular complexity index is 1460. The molecule has 2 unspecified atom stereocenters. The summed E-state index contributed by atoms with van der Waals surface area (Å²) in [6.45, 7) is 9.04. The van der Waals surface area contributed by atoms with Crippen molar-refractivity contribution in [3.8, 4) is 0 Å². The second-order valence-electron chi connectivity index (χ2n) is 16.6. The number of hydrogen-bond acceptors (Lipinski definition) is 2. The first kappa shape index (κ1) is 43.2. The van der Waals surface area contributed by atoms with Crippen LogP contribution in [0.1, 0.15) is 199 Å². The Kier molecular flexibility index (Phi) is 19.8. The first-order chi connectivity index (χ1) is 26.4. The van der Waals surface area contributed by atoms with E-state index in [1.54, 1.807) is 0 Å². The van der Waals surface area contributed by atoms with Crippen molar-refractivity contribution in [3.05, 3.63) is 129 Å². The predicted molar refractivity (Wildman–Crippen MR) is 239 cm³/mol. The van der Waals surface area contributed by atoms with E-state index in [9.17, 15) is 0 Å². The van der Waals surface area contributed by atoms with Gasteiger partial charge in [0.05, 0.1) is 0 Å². The van der Waals surface area contributed by atoms with E-state index in [0.717, 1.165) is 11.4 Å². The molecule has 294 valence electrons. The minimum absolute atomic E-state index is 0.446. The largest absolute Gasteiger partial charge is 0.399 e. The van der Waals surface area contributed by atoms with Crippen molar-refractivity contribution in [2.45, 2.75) is 181 Å². The third-order valence-electron chi connectivity index (χ3n) is 12.0. The van der Waals surface area contributed by atoms with Crippen LogP contribution in [0.25, 0.3) is 0 Å². The molecule has 2 atom stereocenters. The molecule has 4 N–H and O–H groups in total. The molecule has 4 aromatic rings. The Morgan fingerprint density at radius 2 is 0.722 bits per heavy atom. The Hall–Kier alpha value is -3.52. The van der Waals surface area contributed by atoms with E-state index in [0.29, 0.717) is 11.8 Å². The second-order valence-corrected chi connectivity index (χ2v) is 16.6. The third kappa shape index (κ3) is 15.0. The summed E-state index contributed by atoms with van der Waals surface area (Å²) in [6.07, 6.45) is 28.8. The van der Waals surface area contributed by atoms with Crippen LogP contribution in [-0.2, 0) is 12.8 Å². The quantitative estimate of drug-likeness (QED) is 0.0474. The monoisotopic (exact) mass is 729 g/mol. The number of rotatable bonds is 27. The predicted octanol–water partition coefficient (Wildman–Crippen LogP) is 15.4. The van der Waals surface area contributed by atoms with Crippen LogP contribution < -0.4 is 11.5 Å². The lowest BCUT2D eigenvalue weighted by Crippen LogP contribution is -2.05. The van der Waals surface area contributed by atoms with Crippen molar-refractivity contribution in [2.75, 3.05) is 11.5 Å². The first-order valence-electron chi connectivity index (χ1n) is 22.3. The van der Waals surface area contributed by atoms with Gasteiger partial charge in [-0.1, -0.05) is 177 Å². The van der Waals surface area contributed by atoms with Crippen LogP contribution in [-0.4, -0.2) is 0 Å². The molecule has 0 amide bonds. The highest BCUT2D eigenvalue weighted by Crippen LogP contribution is 2.35. The lowest BCUT2D eigenvalue weighted by Gasteiger charge is -2.21. The molecular weight excluding hydrogens is 653 g/mol. The van der Waals surface area contributed by atoms with Crippen molar-refractivity contribution >= 4 is 11.4 Å². The van der Waals surface area contributed by atoms with Crippen molar-refractivity contribution in [1.29, 1.82) is 0 Å². The van der Waals surface area contributed by atoms with Crippen LogP contribution in [0.4, 0.5) is 11.4 Å². The molecule has 0 aliphatic heterocycles. The Balaban J connectivity index is 1.23. The molecule has 0 radical (unpaired) electrons. The normalized spacial score (nSPS) is 12.6. The molecule has 0 aliphatic carbocycles. The van der Waals surface area contributed by atoms with E-state index < -0.39 is 0 Å². The molecule has 0 aliphatic rings. The molecule has 0 saturated heterocycles. The molecule has 2 heteroatoms. The van der Waals surface area contributed by atoms with Crippen LogP contribution >= 0.6 is 0 Å². The lowest BCUT2D eigenvalue weighted by molar-refractivity contribution is 0.558. The number of hydrogen-bond donors (Lipinski definition) is 2. The number of anilines is 2. The highest BCUT2D eigenvalue weighted by Gasteiger charge is 2.18. The highest BCUT2D eigenvalue weighted by molar-refractivity contribution is 5.49. The fourth-order valence-electron chi connectivity index (χ4n) is 8.64. The van der Waals surface area contributed by atoms with Gasteiger partial charge in [-0.05, 0) is 121 Å². The molecule has 0 spiro atoms. The van der Waals surface area contributed by atoms with Gasteiger partial charge >= 0.3 is 0 Å². The molecule has 4 rings (SSSR count). The number of aryl methyl sites for hydroxylation is 4. The van der Waals surface area contributed by atoms with Gasteiger partial charge in [-0.2, -0.15) is 0 Å². The van der Waals surface area contributed by atoms with Crippen LogP contribution in [0.5, 0.6) is 0 Å². The zero-order chi connectivity index (χ0) is 38.4. The topological polar surface area (TPSA) is 52.0 Å². The van der Waals surface area contributed by atoms with Gasteiger partial charge in [0.1, 0.15) is 0 Å². The molecular formula is C52H76N2. The third-order valence-corrected chi connectivity index (χ3v) is 12.0. The van der Waals surface area contributed by atoms with Crippen molar-refractivity contribution in [3.63, 3.8) is 0 Å². The summed E-state index contributed by atoms with van der Waals surface area (Å²) in [5.74, 6) is 0.893. The zero-order valence-corrected chi connectivity index (χ0v) is 34.9. The van der Waals surface area contributed by atoms with Crippen molar-refractivity contribution in [1.82, 2.24) is 0 Å². The van der Waals surface area contributed by atoms with Crippen LogP contribution in [0, 0.1) is 13.8 Å². The highest BCUT2D eigenvalue weighted by atomic mass is 14.5. The van der Waals surface area contributed by atoms with E-state index in [2.05, 4.69) is 113 Å². The van der Waals surface area contributed by atoms with E-state index in [1.807, 2.05) is 0 Å².